The van der Waals surface area contributed by atoms with Crippen LogP contribution in [0.1, 0.15) is 25.7 Å². The first-order chi connectivity index (χ1) is 5.36. The number of hydrogen-bond acceptors (Lipinski definition) is 0. The van der Waals surface area contributed by atoms with Crippen LogP contribution in [0, 0.1) is 5.92 Å². The molecule has 1 unspecified atom stereocenters. The normalized spacial score (nSPS) is 32.8. The summed E-state index contributed by atoms with van der Waals surface area (Å²) in [4.78, 5) is 0. The van der Waals surface area contributed by atoms with E-state index in [1.807, 2.05) is 0 Å². The first-order valence-electron chi connectivity index (χ1n) is 4.28. The van der Waals surface area contributed by atoms with E-state index in [-0.39, 0.29) is 0 Å². The molecule has 1 rings (SSSR count). The highest BCUT2D eigenvalue weighted by atomic mass is 127. The van der Waals surface area contributed by atoms with Crippen LogP contribution in [0.4, 0.5) is 0 Å². The molecule has 1 saturated carbocycles. The second kappa shape index (κ2) is 5.53. The lowest BCUT2D eigenvalue weighted by atomic mass is 9.89. The third-order valence-corrected chi connectivity index (χ3v) is 5.10. The van der Waals surface area contributed by atoms with Crippen LogP contribution >= 0.6 is 31.2 Å². The lowest BCUT2D eigenvalue weighted by molar-refractivity contribution is 0.427. The molecule has 1 atom stereocenters. The number of alkyl halides is 1. The molecule has 1 aliphatic carbocycles. The van der Waals surface area contributed by atoms with Crippen LogP contribution in [0.2, 0.25) is 0 Å². The van der Waals surface area contributed by atoms with Crippen LogP contribution in [0.5, 0.6) is 0 Å². The first-order valence-corrected chi connectivity index (χ1v) is 7.09. The van der Waals surface area contributed by atoms with E-state index in [0.29, 0.717) is 0 Å². The van der Waals surface area contributed by atoms with Gasteiger partial charge >= 0.3 is 0 Å². The highest BCUT2D eigenvalue weighted by Gasteiger charge is 2.17. The van der Waals surface area contributed by atoms with Crippen LogP contribution in [-0.2, 0) is 0 Å². The van der Waals surface area contributed by atoms with Crippen molar-refractivity contribution in [3.8, 4) is 0 Å². The molecule has 0 nitrogen and oxygen atoms in total. The molecule has 2 heteroatoms. The molecule has 0 bridgehead atoms. The van der Waals surface area contributed by atoms with Crippen molar-refractivity contribution in [3.63, 3.8) is 0 Å². The van der Waals surface area contributed by atoms with Gasteiger partial charge in [0.1, 0.15) is 0 Å². The zero-order valence-electron chi connectivity index (χ0n) is 6.85. The van der Waals surface area contributed by atoms with E-state index in [4.69, 9.17) is 0 Å². The minimum atomic E-state index is 0.838. The molecule has 11 heavy (non-hydrogen) atoms. The fraction of sp³-hybridized carbons (Fsp3) is 0.778. The third-order valence-electron chi connectivity index (χ3n) is 2.47. The van der Waals surface area contributed by atoms with Crippen molar-refractivity contribution in [2.75, 3.05) is 4.17 Å². The van der Waals surface area contributed by atoms with E-state index < -0.39 is 0 Å². The molecule has 0 amide bonds. The van der Waals surface area contributed by atoms with Crippen molar-refractivity contribution < 1.29 is 0 Å². The summed E-state index contributed by atoms with van der Waals surface area (Å²) in [6.07, 6.45) is 7.86. The van der Waals surface area contributed by atoms with Crippen molar-refractivity contribution >= 4 is 31.2 Å². The fourth-order valence-corrected chi connectivity index (χ4v) is 4.50. The van der Waals surface area contributed by atoms with E-state index in [1.54, 1.807) is 0 Å². The molecule has 0 heterocycles. The topological polar surface area (TPSA) is 0 Å². The average Bonchev–Trinajstić information content (AvgIpc) is 2.07. The van der Waals surface area contributed by atoms with Crippen LogP contribution < -0.4 is 0 Å². The van der Waals surface area contributed by atoms with E-state index in [0.717, 1.165) is 11.6 Å². The molecule has 0 aliphatic heterocycles. The minimum absolute atomic E-state index is 0.838. The van der Waals surface area contributed by atoms with Gasteiger partial charge in [-0.15, -0.1) is 15.2 Å². The number of allylic oxidation sites excluding steroid dienone is 1. The van der Waals surface area contributed by atoms with Crippen molar-refractivity contribution in [1.82, 2.24) is 0 Å². The Morgan fingerprint density at radius 1 is 1.36 bits per heavy atom. The van der Waals surface area contributed by atoms with E-state index >= 15 is 0 Å². The van der Waals surface area contributed by atoms with Crippen molar-refractivity contribution in [3.05, 3.63) is 12.7 Å². The molecule has 0 spiro atoms. The average molecular weight is 282 g/mol. The van der Waals surface area contributed by atoms with Gasteiger partial charge in [0.05, 0.1) is 0 Å². The Labute approximate surface area is 85.1 Å². The monoisotopic (exact) mass is 282 g/mol. The number of hydrogen-bond donors (Lipinski definition) is 0. The second-order valence-electron chi connectivity index (χ2n) is 3.19. The minimum Gasteiger partial charge on any atom is -0.109 e. The van der Waals surface area contributed by atoms with Gasteiger partial charge < -0.3 is 0 Å². The van der Waals surface area contributed by atoms with Crippen LogP contribution in [-0.4, -0.2) is 9.83 Å². The Bertz CT molecular complexity index is 117. The highest BCUT2D eigenvalue weighted by molar-refractivity contribution is 14.1. The Morgan fingerprint density at radius 3 is 2.45 bits per heavy atom. The molecule has 1 fully saturated rings. The predicted octanol–water partition coefficient (Wildman–Crippen LogP) is 3.80. The van der Waals surface area contributed by atoms with E-state index in [1.165, 1.54) is 38.4 Å². The van der Waals surface area contributed by atoms with Gasteiger partial charge in [-0.2, -0.15) is 0 Å². The molecule has 0 aromatic heterocycles. The summed E-state index contributed by atoms with van der Waals surface area (Å²) in [7, 11) is 1.21. The lowest BCUT2D eigenvalue weighted by Crippen LogP contribution is -2.13. The zero-order chi connectivity index (χ0) is 8.10. The number of halogens is 1. The SMILES string of the molecule is C=CC1CCC(PCI)CC1. The van der Waals surface area contributed by atoms with E-state index in [9.17, 15) is 0 Å². The standard InChI is InChI=1S/C9H16IP/c1-2-8-3-5-9(6-4-8)11-7-10/h2,8-9,11H,1,3-7H2. The molecule has 0 N–H and O–H groups in total. The van der Waals surface area contributed by atoms with Crippen molar-refractivity contribution in [1.29, 1.82) is 0 Å². The summed E-state index contributed by atoms with van der Waals surface area (Å²) in [6, 6.07) is 0. The van der Waals surface area contributed by atoms with Gasteiger partial charge in [0.25, 0.3) is 0 Å². The Kier molecular flexibility index (Phi) is 5.02. The molecule has 0 aromatic rings. The predicted molar refractivity (Wildman–Crippen MR) is 63.1 cm³/mol. The Balaban J connectivity index is 2.18. The Hall–Kier alpha value is 0.900. The summed E-state index contributed by atoms with van der Waals surface area (Å²) in [5, 5.41) is 0. The fourth-order valence-electron chi connectivity index (χ4n) is 1.67. The second-order valence-corrected chi connectivity index (χ2v) is 6.97. The largest absolute Gasteiger partial charge is 0.109 e. The van der Waals surface area contributed by atoms with Crippen molar-refractivity contribution in [2.45, 2.75) is 31.3 Å². The summed E-state index contributed by atoms with van der Waals surface area (Å²) in [5.41, 5.74) is 1.06. The van der Waals surface area contributed by atoms with Gasteiger partial charge in [0.2, 0.25) is 0 Å². The highest BCUT2D eigenvalue weighted by Crippen LogP contribution is 2.36. The number of rotatable bonds is 3. The van der Waals surface area contributed by atoms with Crippen LogP contribution in [0.3, 0.4) is 0 Å². The van der Waals surface area contributed by atoms with Crippen molar-refractivity contribution in [2.24, 2.45) is 5.92 Å². The maximum atomic E-state index is 3.86. The quantitative estimate of drug-likeness (QED) is 0.319. The molecule has 1 aliphatic rings. The molecular formula is C9H16IP. The van der Waals surface area contributed by atoms with Crippen LogP contribution in [0.25, 0.3) is 0 Å². The van der Waals surface area contributed by atoms with Gasteiger partial charge in [-0.1, -0.05) is 28.7 Å². The molecule has 0 saturated heterocycles. The van der Waals surface area contributed by atoms with E-state index in [2.05, 4.69) is 35.2 Å². The Morgan fingerprint density at radius 2 is 2.00 bits per heavy atom. The van der Waals surface area contributed by atoms with Crippen LogP contribution in [0.15, 0.2) is 12.7 Å². The first kappa shape index (κ1) is 9.98. The molecule has 0 radical (unpaired) electrons. The summed E-state index contributed by atoms with van der Waals surface area (Å²) in [6.45, 7) is 3.86. The third kappa shape index (κ3) is 3.42. The molecule has 64 valence electrons. The summed E-state index contributed by atoms with van der Waals surface area (Å²) < 4.78 is 1.36. The molecule has 0 aromatic carbocycles. The molecular weight excluding hydrogens is 266 g/mol. The van der Waals surface area contributed by atoms with Gasteiger partial charge in [0, 0.05) is 4.17 Å². The lowest BCUT2D eigenvalue weighted by Gasteiger charge is -2.25. The smallest absolute Gasteiger partial charge is 0.0173 e. The maximum Gasteiger partial charge on any atom is 0.0173 e. The van der Waals surface area contributed by atoms with Gasteiger partial charge in [-0.25, -0.2) is 0 Å². The van der Waals surface area contributed by atoms with Gasteiger partial charge in [-0.05, 0) is 37.3 Å². The maximum absolute atomic E-state index is 3.86. The van der Waals surface area contributed by atoms with Gasteiger partial charge in [-0.3, -0.25) is 0 Å². The summed E-state index contributed by atoms with van der Waals surface area (Å²) in [5.74, 6) is 0.838. The summed E-state index contributed by atoms with van der Waals surface area (Å²) >= 11 is 2.50. The zero-order valence-corrected chi connectivity index (χ0v) is 10.0. The van der Waals surface area contributed by atoms with Gasteiger partial charge in [0.15, 0.2) is 0 Å².